The normalized spacial score (nSPS) is 11.2. The van der Waals surface area contributed by atoms with Crippen LogP contribution in [0.25, 0.3) is 11.1 Å². The number of anilines is 1. The molecule has 0 fully saturated rings. The lowest BCUT2D eigenvalue weighted by molar-refractivity contribution is -0.113. The van der Waals surface area contributed by atoms with Crippen LogP contribution in [-0.4, -0.2) is 30.8 Å². The molecule has 5 nitrogen and oxygen atoms in total. The van der Waals surface area contributed by atoms with E-state index in [9.17, 15) is 13.2 Å². The molecule has 0 saturated carbocycles. The van der Waals surface area contributed by atoms with Crippen LogP contribution in [0.4, 0.5) is 5.69 Å². The molecule has 1 amide bonds. The molecule has 1 heterocycles. The monoisotopic (exact) mass is 408 g/mol. The van der Waals surface area contributed by atoms with E-state index in [1.165, 1.54) is 0 Å². The minimum atomic E-state index is -3.47. The number of hydrogen-bond acceptors (Lipinski definition) is 4. The van der Waals surface area contributed by atoms with Gasteiger partial charge in [-0.15, -0.1) is 0 Å². The Kier molecular flexibility index (Phi) is 6.77. The van der Waals surface area contributed by atoms with E-state index in [1.807, 2.05) is 67.6 Å². The number of sulfone groups is 1. The fourth-order valence-corrected chi connectivity index (χ4v) is 4.28. The third kappa shape index (κ3) is 6.26. The number of aromatic nitrogens is 1. The molecule has 0 aliphatic carbocycles. The highest BCUT2D eigenvalue weighted by atomic mass is 32.2. The molecular weight excluding hydrogens is 384 g/mol. The molecule has 3 aromatic rings. The molecule has 0 spiro atoms. The number of benzene rings is 2. The van der Waals surface area contributed by atoms with Gasteiger partial charge in [-0.1, -0.05) is 42.5 Å². The first-order chi connectivity index (χ1) is 13.9. The zero-order valence-electron chi connectivity index (χ0n) is 16.3. The van der Waals surface area contributed by atoms with Crippen LogP contribution in [0.15, 0.2) is 73.1 Å². The second kappa shape index (κ2) is 9.47. The average molecular weight is 409 g/mol. The summed E-state index contributed by atoms with van der Waals surface area (Å²) in [6, 6.07) is 19.2. The molecule has 0 saturated heterocycles. The number of hydrogen-bond donors (Lipinski definition) is 1. The standard InChI is InChI=1S/C23H24N2O3S/c1-18-9-10-21(20-11-13-24-14-12-20)16-22(18)25-23(26)17-29(27,28)15-5-8-19-6-3-2-4-7-19/h2-4,6-7,9-14,16H,5,8,15,17H2,1H3,(H,25,26). The highest BCUT2D eigenvalue weighted by Crippen LogP contribution is 2.25. The zero-order chi connectivity index (χ0) is 20.7. The molecule has 1 aromatic heterocycles. The molecule has 3 rings (SSSR count). The summed E-state index contributed by atoms with van der Waals surface area (Å²) in [6.07, 6.45) is 4.58. The quantitative estimate of drug-likeness (QED) is 0.610. The Morgan fingerprint density at radius 1 is 0.966 bits per heavy atom. The van der Waals surface area contributed by atoms with E-state index in [0.29, 0.717) is 18.5 Å². The maximum absolute atomic E-state index is 12.4. The molecule has 0 unspecified atom stereocenters. The first-order valence-electron chi connectivity index (χ1n) is 9.48. The Morgan fingerprint density at radius 3 is 2.41 bits per heavy atom. The molecule has 1 N–H and O–H groups in total. The number of rotatable bonds is 8. The van der Waals surface area contributed by atoms with Gasteiger partial charge in [0.25, 0.3) is 0 Å². The van der Waals surface area contributed by atoms with Gasteiger partial charge in [0.2, 0.25) is 5.91 Å². The van der Waals surface area contributed by atoms with Crippen molar-refractivity contribution < 1.29 is 13.2 Å². The van der Waals surface area contributed by atoms with Crippen LogP contribution in [0.3, 0.4) is 0 Å². The van der Waals surface area contributed by atoms with Crippen molar-refractivity contribution >= 4 is 21.4 Å². The summed E-state index contributed by atoms with van der Waals surface area (Å²) in [6.45, 7) is 1.88. The fraction of sp³-hybridized carbons (Fsp3) is 0.217. The van der Waals surface area contributed by atoms with E-state index < -0.39 is 21.5 Å². The molecule has 0 radical (unpaired) electrons. The van der Waals surface area contributed by atoms with Crippen LogP contribution in [-0.2, 0) is 21.1 Å². The van der Waals surface area contributed by atoms with Gasteiger partial charge in [-0.25, -0.2) is 8.42 Å². The SMILES string of the molecule is Cc1ccc(-c2ccncc2)cc1NC(=O)CS(=O)(=O)CCCc1ccccc1. The number of pyridine rings is 1. The second-order valence-corrected chi connectivity index (χ2v) is 9.18. The van der Waals surface area contributed by atoms with Crippen molar-refractivity contribution in [1.29, 1.82) is 0 Å². The third-order valence-electron chi connectivity index (χ3n) is 4.64. The summed E-state index contributed by atoms with van der Waals surface area (Å²) in [5.41, 5.74) is 4.49. The summed E-state index contributed by atoms with van der Waals surface area (Å²) >= 11 is 0. The van der Waals surface area contributed by atoms with Gasteiger partial charge in [0.05, 0.1) is 5.75 Å². The van der Waals surface area contributed by atoms with E-state index >= 15 is 0 Å². The van der Waals surface area contributed by atoms with Crippen molar-refractivity contribution in [3.63, 3.8) is 0 Å². The molecule has 6 heteroatoms. The van der Waals surface area contributed by atoms with Gasteiger partial charge >= 0.3 is 0 Å². The Labute approximate surface area is 171 Å². The number of carbonyl (C=O) groups is 1. The minimum Gasteiger partial charge on any atom is -0.325 e. The minimum absolute atomic E-state index is 0.00858. The summed E-state index contributed by atoms with van der Waals surface area (Å²) in [4.78, 5) is 16.4. The molecule has 0 aliphatic rings. The fourth-order valence-electron chi connectivity index (χ4n) is 3.08. The predicted octanol–water partition coefficient (Wildman–Crippen LogP) is 4.04. The lowest BCUT2D eigenvalue weighted by atomic mass is 10.0. The maximum atomic E-state index is 12.4. The van der Waals surface area contributed by atoms with Gasteiger partial charge in [0, 0.05) is 18.1 Å². The summed E-state index contributed by atoms with van der Waals surface area (Å²) in [5.74, 6) is -1.04. The Morgan fingerprint density at radius 2 is 1.69 bits per heavy atom. The largest absolute Gasteiger partial charge is 0.325 e. The Bertz CT molecular complexity index is 1070. The van der Waals surface area contributed by atoms with E-state index in [4.69, 9.17) is 0 Å². The molecule has 29 heavy (non-hydrogen) atoms. The number of nitrogens with one attached hydrogen (secondary N) is 1. The number of nitrogens with zero attached hydrogens (tertiary/aromatic N) is 1. The topological polar surface area (TPSA) is 76.1 Å². The average Bonchev–Trinajstić information content (AvgIpc) is 2.70. The first kappa shape index (κ1) is 20.7. The number of aryl methyl sites for hydroxylation is 2. The number of carbonyl (C=O) groups excluding carboxylic acids is 1. The van der Waals surface area contributed by atoms with Crippen molar-refractivity contribution in [1.82, 2.24) is 4.98 Å². The first-order valence-corrected chi connectivity index (χ1v) is 11.3. The predicted molar refractivity (Wildman–Crippen MR) is 116 cm³/mol. The molecule has 2 aromatic carbocycles. The molecule has 0 atom stereocenters. The van der Waals surface area contributed by atoms with Crippen LogP contribution in [0.1, 0.15) is 17.5 Å². The van der Waals surface area contributed by atoms with E-state index in [1.54, 1.807) is 12.4 Å². The van der Waals surface area contributed by atoms with Crippen LogP contribution in [0, 0.1) is 6.92 Å². The maximum Gasteiger partial charge on any atom is 0.239 e. The summed E-state index contributed by atoms with van der Waals surface area (Å²) in [7, 11) is -3.47. The summed E-state index contributed by atoms with van der Waals surface area (Å²) in [5, 5.41) is 2.75. The lowest BCUT2D eigenvalue weighted by Crippen LogP contribution is -2.25. The zero-order valence-corrected chi connectivity index (χ0v) is 17.2. The van der Waals surface area contributed by atoms with Gasteiger partial charge in [-0.05, 0) is 60.2 Å². The van der Waals surface area contributed by atoms with Crippen molar-refractivity contribution in [2.75, 3.05) is 16.8 Å². The van der Waals surface area contributed by atoms with Crippen LogP contribution in [0.5, 0.6) is 0 Å². The number of amides is 1. The Balaban J connectivity index is 1.59. The molecule has 150 valence electrons. The van der Waals surface area contributed by atoms with Crippen LogP contribution < -0.4 is 5.32 Å². The Hall–Kier alpha value is -2.99. The van der Waals surface area contributed by atoms with Crippen molar-refractivity contribution in [3.05, 3.63) is 84.2 Å². The highest BCUT2D eigenvalue weighted by molar-refractivity contribution is 7.92. The highest BCUT2D eigenvalue weighted by Gasteiger charge is 2.17. The van der Waals surface area contributed by atoms with Crippen molar-refractivity contribution in [3.8, 4) is 11.1 Å². The molecule has 0 aliphatic heterocycles. The van der Waals surface area contributed by atoms with Crippen LogP contribution >= 0.6 is 0 Å². The second-order valence-electron chi connectivity index (χ2n) is 6.99. The van der Waals surface area contributed by atoms with E-state index in [-0.39, 0.29) is 5.75 Å². The summed E-state index contributed by atoms with van der Waals surface area (Å²) < 4.78 is 24.7. The van der Waals surface area contributed by atoms with Gasteiger partial charge in [0.1, 0.15) is 5.75 Å². The van der Waals surface area contributed by atoms with Crippen LogP contribution in [0.2, 0.25) is 0 Å². The van der Waals surface area contributed by atoms with Gasteiger partial charge in [-0.2, -0.15) is 0 Å². The van der Waals surface area contributed by atoms with Gasteiger partial charge < -0.3 is 5.32 Å². The van der Waals surface area contributed by atoms with Gasteiger partial charge in [-0.3, -0.25) is 9.78 Å². The van der Waals surface area contributed by atoms with E-state index in [0.717, 1.165) is 22.3 Å². The smallest absolute Gasteiger partial charge is 0.239 e. The molecular formula is C23H24N2O3S. The van der Waals surface area contributed by atoms with Gasteiger partial charge in [0.15, 0.2) is 9.84 Å². The third-order valence-corrected chi connectivity index (χ3v) is 6.25. The van der Waals surface area contributed by atoms with E-state index in [2.05, 4.69) is 10.3 Å². The van der Waals surface area contributed by atoms with Crippen molar-refractivity contribution in [2.45, 2.75) is 19.8 Å². The molecule has 0 bridgehead atoms. The van der Waals surface area contributed by atoms with Crippen molar-refractivity contribution in [2.24, 2.45) is 0 Å². The lowest BCUT2D eigenvalue weighted by Gasteiger charge is -2.11.